The zero-order chi connectivity index (χ0) is 10.2. The van der Waals surface area contributed by atoms with Crippen molar-refractivity contribution in [3.05, 3.63) is 34.7 Å². The molecule has 0 amide bonds. The number of sulfone groups is 1. The highest BCUT2D eigenvalue weighted by Gasteiger charge is 2.28. The molecule has 0 atom stereocenters. The lowest BCUT2D eigenvalue weighted by Gasteiger charge is -2.00. The van der Waals surface area contributed by atoms with Gasteiger partial charge in [0, 0.05) is 0 Å². The minimum Gasteiger partial charge on any atom is -0.299 e. The van der Waals surface area contributed by atoms with Gasteiger partial charge in [0.1, 0.15) is 6.61 Å². The summed E-state index contributed by atoms with van der Waals surface area (Å²) in [6.07, 6.45) is 1.58. The summed E-state index contributed by atoms with van der Waals surface area (Å²) >= 11 is 0. The van der Waals surface area contributed by atoms with Crippen LogP contribution in [0.4, 0.5) is 0 Å². The van der Waals surface area contributed by atoms with Crippen molar-refractivity contribution in [2.75, 3.05) is 6.61 Å². The van der Waals surface area contributed by atoms with Gasteiger partial charge in [-0.1, -0.05) is 18.2 Å². The van der Waals surface area contributed by atoms with Gasteiger partial charge in [-0.15, -0.1) is 0 Å². The van der Waals surface area contributed by atoms with Gasteiger partial charge in [-0.3, -0.25) is 4.84 Å². The average molecular weight is 211 g/mol. The highest BCUT2D eigenvalue weighted by molar-refractivity contribution is 7.95. The number of benzene rings is 1. The Balaban J connectivity index is 2.57. The van der Waals surface area contributed by atoms with E-state index in [-0.39, 0.29) is 11.5 Å². The molecule has 0 spiro atoms. The molecule has 0 bridgehead atoms. The van der Waals surface area contributed by atoms with Crippen molar-refractivity contribution < 1.29 is 13.3 Å². The molecule has 0 aromatic heterocycles. The molecule has 4 nitrogen and oxygen atoms in total. The van der Waals surface area contributed by atoms with Gasteiger partial charge in [-0.25, -0.2) is 14.3 Å². The predicted octanol–water partition coefficient (Wildman–Crippen LogP) is 0.705. The summed E-state index contributed by atoms with van der Waals surface area (Å²) in [6.45, 7) is -0.0863. The highest BCUT2D eigenvalue weighted by Crippen LogP contribution is 2.32. The van der Waals surface area contributed by atoms with Crippen LogP contribution in [0.5, 0.6) is 0 Å². The molecule has 2 rings (SSSR count). The summed E-state index contributed by atoms with van der Waals surface area (Å²) in [5.41, 5.74) is 0.694. The molecular weight excluding hydrogens is 202 g/mol. The SMILES string of the molecule is NOCC1=Cc2ccccc2S1(=O)=O. The van der Waals surface area contributed by atoms with Crippen molar-refractivity contribution in [2.45, 2.75) is 4.90 Å². The van der Waals surface area contributed by atoms with Gasteiger partial charge in [0.05, 0.1) is 9.80 Å². The van der Waals surface area contributed by atoms with Crippen LogP contribution in [0.25, 0.3) is 6.08 Å². The fourth-order valence-electron chi connectivity index (χ4n) is 1.44. The quantitative estimate of drug-likeness (QED) is 0.731. The van der Waals surface area contributed by atoms with Gasteiger partial charge in [0.2, 0.25) is 9.84 Å². The second kappa shape index (κ2) is 3.20. The number of nitrogens with two attached hydrogens (primary N) is 1. The molecule has 0 radical (unpaired) electrons. The second-order valence-electron chi connectivity index (χ2n) is 2.96. The molecule has 0 unspecified atom stereocenters. The van der Waals surface area contributed by atoms with E-state index in [1.54, 1.807) is 30.3 Å². The van der Waals surface area contributed by atoms with Crippen LogP contribution in [-0.2, 0) is 14.7 Å². The highest BCUT2D eigenvalue weighted by atomic mass is 32.2. The van der Waals surface area contributed by atoms with E-state index >= 15 is 0 Å². The van der Waals surface area contributed by atoms with E-state index in [2.05, 4.69) is 4.84 Å². The minimum absolute atomic E-state index is 0.0863. The van der Waals surface area contributed by atoms with E-state index < -0.39 is 9.84 Å². The summed E-state index contributed by atoms with van der Waals surface area (Å²) in [5.74, 6) is 4.86. The molecule has 2 N–H and O–H groups in total. The molecule has 5 heteroatoms. The summed E-state index contributed by atoms with van der Waals surface area (Å²) in [4.78, 5) is 4.88. The minimum atomic E-state index is -3.35. The Kier molecular flexibility index (Phi) is 2.14. The monoisotopic (exact) mass is 211 g/mol. The smallest absolute Gasteiger partial charge is 0.205 e. The summed E-state index contributed by atoms with van der Waals surface area (Å²) < 4.78 is 23.5. The lowest BCUT2D eigenvalue weighted by molar-refractivity contribution is 0.166. The second-order valence-corrected chi connectivity index (χ2v) is 4.93. The Morgan fingerprint density at radius 2 is 2.00 bits per heavy atom. The van der Waals surface area contributed by atoms with Gasteiger partial charge in [-0.2, -0.15) is 0 Å². The number of fused-ring (bicyclic) bond motifs is 1. The number of hydrogen-bond donors (Lipinski definition) is 1. The maximum atomic E-state index is 11.8. The van der Waals surface area contributed by atoms with Crippen LogP contribution in [0.3, 0.4) is 0 Å². The fraction of sp³-hybridized carbons (Fsp3) is 0.111. The van der Waals surface area contributed by atoms with Crippen LogP contribution in [-0.4, -0.2) is 15.0 Å². The molecule has 14 heavy (non-hydrogen) atoms. The molecule has 1 heterocycles. The van der Waals surface area contributed by atoms with Crippen molar-refractivity contribution in [1.82, 2.24) is 0 Å². The molecule has 1 aliphatic heterocycles. The Labute approximate surface area is 81.9 Å². The van der Waals surface area contributed by atoms with Crippen LogP contribution < -0.4 is 5.90 Å². The van der Waals surface area contributed by atoms with Crippen molar-refractivity contribution in [3.63, 3.8) is 0 Å². The maximum Gasteiger partial charge on any atom is 0.205 e. The van der Waals surface area contributed by atoms with E-state index in [1.165, 1.54) is 0 Å². The fourth-order valence-corrected chi connectivity index (χ4v) is 2.92. The third kappa shape index (κ3) is 1.26. The van der Waals surface area contributed by atoms with Crippen LogP contribution in [0.2, 0.25) is 0 Å². The van der Waals surface area contributed by atoms with Crippen molar-refractivity contribution >= 4 is 15.9 Å². The third-order valence-electron chi connectivity index (χ3n) is 2.10. The van der Waals surface area contributed by atoms with Crippen LogP contribution in [0, 0.1) is 0 Å². The Bertz CT molecular complexity index is 491. The Morgan fingerprint density at radius 3 is 2.64 bits per heavy atom. The third-order valence-corrected chi connectivity index (χ3v) is 3.97. The first kappa shape index (κ1) is 9.39. The van der Waals surface area contributed by atoms with E-state index in [9.17, 15) is 8.42 Å². The molecule has 1 aromatic rings. The van der Waals surface area contributed by atoms with Crippen LogP contribution in [0.1, 0.15) is 5.56 Å². The van der Waals surface area contributed by atoms with E-state index in [1.807, 2.05) is 0 Å². The largest absolute Gasteiger partial charge is 0.299 e. The summed E-state index contributed by atoms with van der Waals surface area (Å²) in [7, 11) is -3.35. The van der Waals surface area contributed by atoms with Crippen LogP contribution in [0.15, 0.2) is 34.1 Å². The molecule has 0 saturated heterocycles. The van der Waals surface area contributed by atoms with Gasteiger partial charge in [0.15, 0.2) is 0 Å². The topological polar surface area (TPSA) is 69.4 Å². The Hall–Kier alpha value is -1.17. The molecule has 0 aliphatic carbocycles. The maximum absolute atomic E-state index is 11.8. The molecule has 74 valence electrons. The lowest BCUT2D eigenvalue weighted by atomic mass is 10.2. The van der Waals surface area contributed by atoms with E-state index in [0.29, 0.717) is 10.5 Å². The molecule has 1 aromatic carbocycles. The first-order valence-corrected chi connectivity index (χ1v) is 5.51. The predicted molar refractivity (Wildman–Crippen MR) is 51.7 cm³/mol. The van der Waals surface area contributed by atoms with Gasteiger partial charge >= 0.3 is 0 Å². The van der Waals surface area contributed by atoms with Crippen molar-refractivity contribution in [1.29, 1.82) is 0 Å². The number of hydrogen-bond acceptors (Lipinski definition) is 4. The summed E-state index contributed by atoms with van der Waals surface area (Å²) in [6, 6.07) is 6.80. The molecule has 0 fully saturated rings. The zero-order valence-corrected chi connectivity index (χ0v) is 8.12. The first-order valence-electron chi connectivity index (χ1n) is 4.02. The number of rotatable bonds is 2. The molecule has 1 aliphatic rings. The molecule has 0 saturated carbocycles. The van der Waals surface area contributed by atoms with Gasteiger partial charge < -0.3 is 0 Å². The van der Waals surface area contributed by atoms with Crippen LogP contribution >= 0.6 is 0 Å². The lowest BCUT2D eigenvalue weighted by Crippen LogP contribution is -2.09. The Morgan fingerprint density at radius 1 is 1.29 bits per heavy atom. The first-order chi connectivity index (χ1) is 6.66. The molecular formula is C9H9NO3S. The summed E-state index contributed by atoms with van der Waals surface area (Å²) in [5, 5.41) is 0. The van der Waals surface area contributed by atoms with E-state index in [0.717, 1.165) is 0 Å². The van der Waals surface area contributed by atoms with Crippen molar-refractivity contribution in [2.24, 2.45) is 5.90 Å². The zero-order valence-electron chi connectivity index (χ0n) is 7.30. The standard InChI is InChI=1S/C9H9NO3S/c10-13-6-8-5-7-3-1-2-4-9(7)14(8,11)12/h1-5H,6,10H2. The van der Waals surface area contributed by atoms with Crippen molar-refractivity contribution in [3.8, 4) is 0 Å². The van der Waals surface area contributed by atoms with E-state index in [4.69, 9.17) is 5.90 Å². The normalized spacial score (nSPS) is 17.6. The average Bonchev–Trinajstić information content (AvgIpc) is 2.41. The van der Waals surface area contributed by atoms with Gasteiger partial charge in [0.25, 0.3) is 0 Å². The van der Waals surface area contributed by atoms with Gasteiger partial charge in [-0.05, 0) is 17.7 Å².